The Morgan fingerprint density at radius 3 is 2.41 bits per heavy atom. The third kappa shape index (κ3) is 5.17. The summed E-state index contributed by atoms with van der Waals surface area (Å²) in [6.45, 7) is 7.94. The Balaban J connectivity index is 1.94. The quantitative estimate of drug-likeness (QED) is 0.422. The van der Waals surface area contributed by atoms with Crippen LogP contribution in [-0.2, 0) is 5.41 Å². The predicted octanol–water partition coefficient (Wildman–Crippen LogP) is 3.31. The normalized spacial score (nSPS) is 16.8. The first-order valence-electron chi connectivity index (χ1n) is 10.4. The standard InChI is InChI=1S/C21H32N6O4S/c1-21(2,3)18-22-14-13-17(31-7)15(12-16(14)26(18)20(29)24(4)5)23-19(28)32-25-8-10-27(6,30)11-9-25/h12-13H,8-11H2,1-7H3,(H,23,28). The van der Waals surface area contributed by atoms with Crippen molar-refractivity contribution in [3.8, 4) is 5.75 Å². The van der Waals surface area contributed by atoms with Crippen LogP contribution in [0.4, 0.5) is 15.3 Å². The number of hydrogen-bond acceptors (Lipinski definition) is 7. The van der Waals surface area contributed by atoms with Crippen LogP contribution < -0.4 is 10.1 Å². The Bertz CT molecular complexity index is 1020. The number of likely N-dealkylation sites (N-methyl/N-ethyl adjacent to an activating group) is 1. The molecule has 0 radical (unpaired) electrons. The number of imidazole rings is 1. The van der Waals surface area contributed by atoms with E-state index in [0.717, 1.165) is 11.9 Å². The summed E-state index contributed by atoms with van der Waals surface area (Å²) in [6, 6.07) is 3.23. The van der Waals surface area contributed by atoms with Crippen LogP contribution in [-0.4, -0.2) is 89.1 Å². The van der Waals surface area contributed by atoms with E-state index in [1.165, 1.54) is 12.0 Å². The number of carbonyl (C=O) groups is 2. The number of quaternary nitrogens is 1. The molecule has 3 rings (SSSR count). The number of hydrogen-bond donors (Lipinski definition) is 1. The molecule has 1 N–H and O–H groups in total. The largest absolute Gasteiger partial charge is 0.633 e. The van der Waals surface area contributed by atoms with Gasteiger partial charge in [-0.25, -0.2) is 18.7 Å². The van der Waals surface area contributed by atoms with E-state index in [4.69, 9.17) is 9.72 Å². The molecule has 2 amide bonds. The van der Waals surface area contributed by atoms with E-state index >= 15 is 0 Å². The lowest BCUT2D eigenvalue weighted by Gasteiger charge is -2.44. The molecular formula is C21H32N6O4S. The molecule has 1 aromatic heterocycles. The molecule has 10 nitrogen and oxygen atoms in total. The smallest absolute Gasteiger partial charge is 0.329 e. The zero-order chi connectivity index (χ0) is 23.8. The van der Waals surface area contributed by atoms with Crippen LogP contribution in [0.2, 0.25) is 0 Å². The summed E-state index contributed by atoms with van der Waals surface area (Å²) in [5.74, 6) is 1.08. The van der Waals surface area contributed by atoms with Gasteiger partial charge in [-0.2, -0.15) is 0 Å². The second-order valence-electron chi connectivity index (χ2n) is 9.42. The van der Waals surface area contributed by atoms with E-state index < -0.39 is 0 Å². The van der Waals surface area contributed by atoms with Gasteiger partial charge in [-0.1, -0.05) is 20.8 Å². The lowest BCUT2D eigenvalue weighted by Crippen LogP contribution is -2.52. The van der Waals surface area contributed by atoms with Crippen molar-refractivity contribution in [1.29, 1.82) is 0 Å². The van der Waals surface area contributed by atoms with Crippen molar-refractivity contribution in [3.63, 3.8) is 0 Å². The molecule has 0 bridgehead atoms. The van der Waals surface area contributed by atoms with Gasteiger partial charge in [0.15, 0.2) is 0 Å². The maximum atomic E-state index is 13.0. The molecule has 0 spiro atoms. The van der Waals surface area contributed by atoms with Crippen molar-refractivity contribution in [3.05, 3.63) is 23.2 Å². The van der Waals surface area contributed by atoms with Crippen molar-refractivity contribution >= 4 is 39.9 Å². The average Bonchev–Trinajstić information content (AvgIpc) is 3.07. The Labute approximate surface area is 192 Å². The number of amides is 2. The number of fused-ring (bicyclic) bond motifs is 1. The summed E-state index contributed by atoms with van der Waals surface area (Å²) in [7, 11) is 6.54. The third-order valence-corrected chi connectivity index (χ3v) is 6.21. The van der Waals surface area contributed by atoms with Crippen molar-refractivity contribution in [2.24, 2.45) is 0 Å². The summed E-state index contributed by atoms with van der Waals surface area (Å²) in [5, 5.41) is 14.6. The number of anilines is 1. The molecule has 1 saturated heterocycles. The monoisotopic (exact) mass is 464 g/mol. The molecular weight excluding hydrogens is 432 g/mol. The number of carbonyl (C=O) groups excluding carboxylic acids is 2. The van der Waals surface area contributed by atoms with Crippen molar-refractivity contribution < 1.29 is 19.0 Å². The predicted molar refractivity (Wildman–Crippen MR) is 127 cm³/mol. The fourth-order valence-corrected chi connectivity index (χ4v) is 4.21. The fourth-order valence-electron chi connectivity index (χ4n) is 3.48. The van der Waals surface area contributed by atoms with Crippen LogP contribution >= 0.6 is 11.9 Å². The van der Waals surface area contributed by atoms with E-state index in [1.807, 2.05) is 25.1 Å². The highest BCUT2D eigenvalue weighted by atomic mass is 32.2. The first kappa shape index (κ1) is 24.3. The second kappa shape index (κ2) is 8.89. The molecule has 0 saturated carbocycles. The van der Waals surface area contributed by atoms with Crippen LogP contribution in [0.5, 0.6) is 5.75 Å². The number of hydroxylamine groups is 3. The molecule has 11 heteroatoms. The molecule has 2 aromatic rings. The number of rotatable bonds is 3. The molecule has 1 fully saturated rings. The van der Waals surface area contributed by atoms with Crippen LogP contribution in [0.25, 0.3) is 11.0 Å². The fraction of sp³-hybridized carbons (Fsp3) is 0.571. The SMILES string of the molecule is COc1cc2nc(C(C)(C)C)n(C(=O)N(C)C)c2cc1NC(=O)SN1CC[N+](C)([O-])CC1. The molecule has 0 unspecified atom stereocenters. The Morgan fingerprint density at radius 2 is 1.88 bits per heavy atom. The van der Waals surface area contributed by atoms with Gasteiger partial charge in [0.1, 0.15) is 11.6 Å². The molecule has 0 atom stereocenters. The molecule has 0 aliphatic carbocycles. The van der Waals surface area contributed by atoms with Crippen molar-refractivity contribution in [2.75, 3.05) is 59.7 Å². The first-order chi connectivity index (χ1) is 14.8. The van der Waals surface area contributed by atoms with Gasteiger partial charge in [-0.05, 0) is 6.07 Å². The number of aromatic nitrogens is 2. The zero-order valence-corrected chi connectivity index (χ0v) is 20.6. The van der Waals surface area contributed by atoms with Crippen LogP contribution in [0.3, 0.4) is 0 Å². The maximum Gasteiger partial charge on any atom is 0.329 e. The Hall–Kier alpha value is -2.34. The van der Waals surface area contributed by atoms with Gasteiger partial charge in [-0.3, -0.25) is 4.79 Å². The van der Waals surface area contributed by atoms with Gasteiger partial charge < -0.3 is 24.8 Å². The first-order valence-corrected chi connectivity index (χ1v) is 11.2. The van der Waals surface area contributed by atoms with Crippen LogP contribution in [0.1, 0.15) is 26.6 Å². The highest BCUT2D eigenvalue weighted by molar-refractivity contribution is 8.11. The Kier molecular flexibility index (Phi) is 6.75. The summed E-state index contributed by atoms with van der Waals surface area (Å²) >= 11 is 1.05. The van der Waals surface area contributed by atoms with Crippen molar-refractivity contribution in [1.82, 2.24) is 18.8 Å². The second-order valence-corrected chi connectivity index (χ2v) is 10.5. The molecule has 1 aliphatic rings. The van der Waals surface area contributed by atoms with Gasteiger partial charge in [0.25, 0.3) is 5.24 Å². The molecule has 1 aromatic carbocycles. The van der Waals surface area contributed by atoms with E-state index in [-0.39, 0.29) is 21.3 Å². The maximum absolute atomic E-state index is 13.0. The molecule has 32 heavy (non-hydrogen) atoms. The highest BCUT2D eigenvalue weighted by Crippen LogP contribution is 2.34. The number of nitrogens with zero attached hydrogens (tertiary/aromatic N) is 5. The van der Waals surface area contributed by atoms with E-state index in [1.54, 1.807) is 37.8 Å². The minimum atomic E-state index is -0.375. The van der Waals surface area contributed by atoms with Gasteiger partial charge in [-0.15, -0.1) is 0 Å². The number of ether oxygens (including phenoxy) is 1. The number of nitrogens with one attached hydrogen (secondary N) is 1. The zero-order valence-electron chi connectivity index (χ0n) is 19.8. The summed E-state index contributed by atoms with van der Waals surface area (Å²) < 4.78 is 8.66. The van der Waals surface area contributed by atoms with Crippen LogP contribution in [0.15, 0.2) is 12.1 Å². The van der Waals surface area contributed by atoms with Gasteiger partial charge in [0.05, 0.1) is 57.1 Å². The molecule has 2 heterocycles. The third-order valence-electron chi connectivity index (χ3n) is 5.31. The lowest BCUT2D eigenvalue weighted by molar-refractivity contribution is -0.864. The van der Waals surface area contributed by atoms with E-state index in [0.29, 0.717) is 54.5 Å². The van der Waals surface area contributed by atoms with E-state index in [9.17, 15) is 14.8 Å². The lowest BCUT2D eigenvalue weighted by atomic mass is 9.96. The molecule has 176 valence electrons. The minimum Gasteiger partial charge on any atom is -0.633 e. The summed E-state index contributed by atoms with van der Waals surface area (Å²) in [6.07, 6.45) is 0. The highest BCUT2D eigenvalue weighted by Gasteiger charge is 2.29. The van der Waals surface area contributed by atoms with Crippen LogP contribution in [0, 0.1) is 5.21 Å². The van der Waals surface area contributed by atoms with Gasteiger partial charge in [0, 0.05) is 37.5 Å². The van der Waals surface area contributed by atoms with Crippen molar-refractivity contribution in [2.45, 2.75) is 26.2 Å². The number of benzene rings is 1. The van der Waals surface area contributed by atoms with Gasteiger partial charge >= 0.3 is 6.03 Å². The topological polar surface area (TPSA) is 103 Å². The van der Waals surface area contributed by atoms with E-state index in [2.05, 4.69) is 5.32 Å². The summed E-state index contributed by atoms with van der Waals surface area (Å²) in [5.41, 5.74) is 1.27. The Morgan fingerprint density at radius 1 is 1.25 bits per heavy atom. The number of piperazine rings is 1. The summed E-state index contributed by atoms with van der Waals surface area (Å²) in [4.78, 5) is 31.9. The van der Waals surface area contributed by atoms with Gasteiger partial charge in [0.2, 0.25) is 0 Å². The molecule has 1 aliphatic heterocycles. The number of methoxy groups -OCH3 is 1. The average molecular weight is 465 g/mol. The minimum absolute atomic E-state index is 0.221.